The van der Waals surface area contributed by atoms with Crippen LogP contribution in [-0.4, -0.2) is 46.1 Å². The van der Waals surface area contributed by atoms with Crippen molar-refractivity contribution in [1.82, 2.24) is 15.2 Å². The summed E-state index contributed by atoms with van der Waals surface area (Å²) in [6, 6.07) is 1.30. The van der Waals surface area contributed by atoms with Gasteiger partial charge in [-0.1, -0.05) is 0 Å². The van der Waals surface area contributed by atoms with Crippen LogP contribution in [0.1, 0.15) is 45.3 Å². The Balaban J connectivity index is 1.83. The van der Waals surface area contributed by atoms with E-state index in [0.717, 1.165) is 32.1 Å². The van der Waals surface area contributed by atoms with Gasteiger partial charge in [0.05, 0.1) is 12.3 Å². The van der Waals surface area contributed by atoms with Crippen molar-refractivity contribution in [3.8, 4) is 0 Å². The van der Waals surface area contributed by atoms with Crippen molar-refractivity contribution in [2.75, 3.05) is 19.6 Å². The van der Waals surface area contributed by atoms with Crippen molar-refractivity contribution in [3.05, 3.63) is 29.8 Å². The van der Waals surface area contributed by atoms with Gasteiger partial charge >= 0.3 is 0 Å². The Labute approximate surface area is 136 Å². The van der Waals surface area contributed by atoms with Crippen molar-refractivity contribution >= 4 is 5.91 Å². The minimum atomic E-state index is -0.797. The highest BCUT2D eigenvalue weighted by Crippen LogP contribution is 2.26. The molecule has 2 atom stereocenters. The second kappa shape index (κ2) is 7.36. The standard InChI is InChI=1S/C17H26FN3O2/c1-12(22)21-5-4-13(11-21)7-17(2,3)20-10-16(23)14-6-15(18)9-19-8-14/h6,8-9,13,16,20,23H,4-5,7,10-11H2,1-3H3/t13-,16-/m0/s1. The quantitative estimate of drug-likeness (QED) is 0.839. The molecule has 1 fully saturated rings. The van der Waals surface area contributed by atoms with E-state index in [1.54, 1.807) is 6.92 Å². The van der Waals surface area contributed by atoms with Gasteiger partial charge in [0.1, 0.15) is 5.82 Å². The first-order valence-corrected chi connectivity index (χ1v) is 8.06. The molecule has 23 heavy (non-hydrogen) atoms. The van der Waals surface area contributed by atoms with Gasteiger partial charge in [0.15, 0.2) is 0 Å². The first-order chi connectivity index (χ1) is 10.8. The predicted molar refractivity (Wildman–Crippen MR) is 86.2 cm³/mol. The van der Waals surface area contributed by atoms with Crippen LogP contribution in [0.25, 0.3) is 0 Å². The lowest BCUT2D eigenvalue weighted by Gasteiger charge is -2.30. The first kappa shape index (κ1) is 17.8. The molecule has 128 valence electrons. The second-order valence-electron chi connectivity index (χ2n) is 7.04. The molecule has 2 N–H and O–H groups in total. The van der Waals surface area contributed by atoms with Gasteiger partial charge in [0, 0.05) is 43.9 Å². The first-order valence-electron chi connectivity index (χ1n) is 8.06. The maximum atomic E-state index is 13.1. The van der Waals surface area contributed by atoms with Crippen LogP contribution < -0.4 is 5.32 Å². The summed E-state index contributed by atoms with van der Waals surface area (Å²) in [6.45, 7) is 7.74. The Bertz CT molecular complexity index is 550. The van der Waals surface area contributed by atoms with Gasteiger partial charge in [-0.05, 0) is 38.7 Å². The number of aliphatic hydroxyl groups is 1. The van der Waals surface area contributed by atoms with Gasteiger partial charge in [0.25, 0.3) is 0 Å². The summed E-state index contributed by atoms with van der Waals surface area (Å²) in [4.78, 5) is 17.0. The average molecular weight is 323 g/mol. The molecule has 0 spiro atoms. The highest BCUT2D eigenvalue weighted by Gasteiger charge is 2.30. The van der Waals surface area contributed by atoms with Gasteiger partial charge in [-0.3, -0.25) is 9.78 Å². The number of carbonyl (C=O) groups excluding carboxylic acids is 1. The number of halogens is 1. The number of amides is 1. The van der Waals surface area contributed by atoms with Crippen LogP contribution in [0.3, 0.4) is 0 Å². The van der Waals surface area contributed by atoms with Gasteiger partial charge in [0.2, 0.25) is 5.91 Å². The molecule has 0 radical (unpaired) electrons. The van der Waals surface area contributed by atoms with E-state index in [9.17, 15) is 14.3 Å². The SMILES string of the molecule is CC(=O)N1CC[C@@H](CC(C)(C)NC[C@H](O)c2cncc(F)c2)C1. The Kier molecular flexibility index (Phi) is 5.70. The summed E-state index contributed by atoms with van der Waals surface area (Å²) in [5, 5.41) is 13.5. The minimum Gasteiger partial charge on any atom is -0.387 e. The Hall–Kier alpha value is -1.53. The molecule has 0 aromatic carbocycles. The lowest BCUT2D eigenvalue weighted by atomic mass is 9.89. The minimum absolute atomic E-state index is 0.132. The molecule has 1 aliphatic rings. The molecular formula is C17H26FN3O2. The summed E-state index contributed by atoms with van der Waals surface area (Å²) in [7, 11) is 0. The van der Waals surface area contributed by atoms with Crippen molar-refractivity contribution in [2.24, 2.45) is 5.92 Å². The van der Waals surface area contributed by atoms with Crippen LogP contribution in [0.2, 0.25) is 0 Å². The number of β-amino-alcohol motifs (C(OH)–C–C–N with tert-alkyl or cyclic N) is 1. The normalized spacial score (nSPS) is 19.9. The number of aromatic nitrogens is 1. The fourth-order valence-corrected chi connectivity index (χ4v) is 3.18. The molecule has 2 rings (SSSR count). The number of likely N-dealkylation sites (tertiary alicyclic amines) is 1. The van der Waals surface area contributed by atoms with Crippen molar-refractivity contribution in [3.63, 3.8) is 0 Å². The van der Waals surface area contributed by atoms with Crippen molar-refractivity contribution in [2.45, 2.75) is 45.3 Å². The number of aliphatic hydroxyl groups excluding tert-OH is 1. The molecule has 0 unspecified atom stereocenters. The highest BCUT2D eigenvalue weighted by atomic mass is 19.1. The predicted octanol–water partition coefficient (Wildman–Crippen LogP) is 1.88. The number of pyridine rings is 1. The Morgan fingerprint density at radius 3 is 2.91 bits per heavy atom. The summed E-state index contributed by atoms with van der Waals surface area (Å²) in [5.41, 5.74) is 0.302. The third kappa shape index (κ3) is 5.25. The summed E-state index contributed by atoms with van der Waals surface area (Å²) >= 11 is 0. The molecule has 6 heteroatoms. The zero-order valence-corrected chi connectivity index (χ0v) is 14.1. The van der Waals surface area contributed by atoms with E-state index in [4.69, 9.17) is 0 Å². The van der Waals surface area contributed by atoms with E-state index in [1.807, 2.05) is 4.90 Å². The lowest BCUT2D eigenvalue weighted by Crippen LogP contribution is -2.43. The van der Waals surface area contributed by atoms with E-state index in [-0.39, 0.29) is 11.4 Å². The molecule has 1 aliphatic heterocycles. The van der Waals surface area contributed by atoms with Gasteiger partial charge in [-0.25, -0.2) is 4.39 Å². The van der Waals surface area contributed by atoms with E-state index in [0.29, 0.717) is 18.0 Å². The molecule has 5 nitrogen and oxygen atoms in total. The molecule has 0 saturated carbocycles. The largest absolute Gasteiger partial charge is 0.387 e. The average Bonchev–Trinajstić information content (AvgIpc) is 2.93. The number of hydrogen-bond donors (Lipinski definition) is 2. The highest BCUT2D eigenvalue weighted by molar-refractivity contribution is 5.73. The van der Waals surface area contributed by atoms with E-state index in [1.165, 1.54) is 12.3 Å². The maximum Gasteiger partial charge on any atom is 0.219 e. The van der Waals surface area contributed by atoms with Gasteiger partial charge in [-0.15, -0.1) is 0 Å². The van der Waals surface area contributed by atoms with Crippen molar-refractivity contribution < 1.29 is 14.3 Å². The number of rotatable bonds is 6. The monoisotopic (exact) mass is 323 g/mol. The molecule has 1 aromatic heterocycles. The van der Waals surface area contributed by atoms with Crippen LogP contribution in [0.15, 0.2) is 18.5 Å². The summed E-state index contributed by atoms with van der Waals surface area (Å²) < 4.78 is 13.1. The van der Waals surface area contributed by atoms with Crippen LogP contribution in [0.5, 0.6) is 0 Å². The number of hydrogen-bond acceptors (Lipinski definition) is 4. The summed E-state index contributed by atoms with van der Waals surface area (Å²) in [5.74, 6) is 0.151. The smallest absolute Gasteiger partial charge is 0.219 e. The number of nitrogens with one attached hydrogen (secondary N) is 1. The molecule has 0 bridgehead atoms. The topological polar surface area (TPSA) is 65.5 Å². The zero-order chi connectivity index (χ0) is 17.0. The lowest BCUT2D eigenvalue weighted by molar-refractivity contribution is -0.127. The van der Waals surface area contributed by atoms with Crippen LogP contribution in [0, 0.1) is 11.7 Å². The van der Waals surface area contributed by atoms with E-state index in [2.05, 4.69) is 24.1 Å². The molecule has 1 amide bonds. The zero-order valence-electron chi connectivity index (χ0n) is 14.1. The maximum absolute atomic E-state index is 13.1. The molecule has 2 heterocycles. The summed E-state index contributed by atoms with van der Waals surface area (Å²) in [6.07, 6.45) is 3.74. The van der Waals surface area contributed by atoms with Gasteiger partial charge in [-0.2, -0.15) is 0 Å². The fraction of sp³-hybridized carbons (Fsp3) is 0.647. The van der Waals surface area contributed by atoms with Gasteiger partial charge < -0.3 is 15.3 Å². The second-order valence-corrected chi connectivity index (χ2v) is 7.04. The van der Waals surface area contributed by atoms with E-state index >= 15 is 0 Å². The number of nitrogens with zero attached hydrogens (tertiary/aromatic N) is 2. The van der Waals surface area contributed by atoms with E-state index < -0.39 is 11.9 Å². The number of carbonyl (C=O) groups is 1. The molecular weight excluding hydrogens is 297 g/mol. The fourth-order valence-electron chi connectivity index (χ4n) is 3.18. The molecule has 1 aromatic rings. The molecule has 0 aliphatic carbocycles. The third-order valence-electron chi connectivity index (χ3n) is 4.41. The molecule has 1 saturated heterocycles. The van der Waals surface area contributed by atoms with Crippen LogP contribution >= 0.6 is 0 Å². The van der Waals surface area contributed by atoms with Crippen molar-refractivity contribution in [1.29, 1.82) is 0 Å². The Morgan fingerprint density at radius 2 is 2.30 bits per heavy atom. The Morgan fingerprint density at radius 1 is 1.57 bits per heavy atom. The van der Waals surface area contributed by atoms with Crippen LogP contribution in [0.4, 0.5) is 4.39 Å². The van der Waals surface area contributed by atoms with Crippen LogP contribution in [-0.2, 0) is 4.79 Å². The third-order valence-corrected chi connectivity index (χ3v) is 4.41.